The molecule has 0 saturated heterocycles. The molecule has 2 heterocycles. The summed E-state index contributed by atoms with van der Waals surface area (Å²) < 4.78 is 1.56. The summed E-state index contributed by atoms with van der Waals surface area (Å²) in [5, 5.41) is 10.7. The van der Waals surface area contributed by atoms with Crippen LogP contribution < -0.4 is 10.6 Å². The Labute approximate surface area is 180 Å². The first-order chi connectivity index (χ1) is 15.0. The lowest BCUT2D eigenvalue weighted by atomic mass is 10.0. The molecule has 0 aliphatic heterocycles. The predicted octanol–water partition coefficient (Wildman–Crippen LogP) is 3.62. The zero-order chi connectivity index (χ0) is 21.8. The summed E-state index contributed by atoms with van der Waals surface area (Å²) in [6, 6.07) is 16.9. The second-order valence-corrected chi connectivity index (χ2v) is 7.47. The molecule has 0 bridgehead atoms. The molecule has 156 valence electrons. The number of anilines is 1. The van der Waals surface area contributed by atoms with Crippen LogP contribution in [0.3, 0.4) is 0 Å². The highest BCUT2D eigenvalue weighted by atomic mass is 16.2. The van der Waals surface area contributed by atoms with Crippen molar-refractivity contribution in [2.75, 3.05) is 5.32 Å². The molecule has 2 aromatic heterocycles. The van der Waals surface area contributed by atoms with E-state index in [0.717, 1.165) is 27.7 Å². The molecule has 2 aromatic carbocycles. The molecule has 2 N–H and O–H groups in total. The summed E-state index contributed by atoms with van der Waals surface area (Å²) in [6.07, 6.45) is 3.36. The Bertz CT molecular complexity index is 1250. The topological polar surface area (TPSA) is 88.9 Å². The SMILES string of the molecule is Cc1ccc2nc(C)cc(C(=O)NCc3cccc(NC(=O)Cn4cccn4)c3)c2c1. The van der Waals surface area contributed by atoms with Gasteiger partial charge in [0.2, 0.25) is 5.91 Å². The fourth-order valence-corrected chi connectivity index (χ4v) is 3.44. The van der Waals surface area contributed by atoms with Crippen molar-refractivity contribution < 1.29 is 9.59 Å². The minimum absolute atomic E-state index is 0.141. The van der Waals surface area contributed by atoms with Gasteiger partial charge in [-0.3, -0.25) is 19.3 Å². The van der Waals surface area contributed by atoms with Gasteiger partial charge in [0.25, 0.3) is 5.91 Å². The molecule has 31 heavy (non-hydrogen) atoms. The Morgan fingerprint density at radius 3 is 2.71 bits per heavy atom. The Morgan fingerprint density at radius 1 is 1.03 bits per heavy atom. The standard InChI is InChI=1S/C24H23N5O2/c1-16-7-8-22-20(11-16)21(12-17(2)27-22)24(31)25-14-18-5-3-6-19(13-18)28-23(30)15-29-10-4-9-26-29/h3-13H,14-15H2,1-2H3,(H,25,31)(H,28,30). The van der Waals surface area contributed by atoms with Crippen molar-refractivity contribution in [3.63, 3.8) is 0 Å². The van der Waals surface area contributed by atoms with Gasteiger partial charge in [0.1, 0.15) is 6.54 Å². The van der Waals surface area contributed by atoms with Crippen LogP contribution in [0.5, 0.6) is 0 Å². The highest BCUT2D eigenvalue weighted by Crippen LogP contribution is 2.20. The van der Waals surface area contributed by atoms with Gasteiger partial charge in [-0.05, 0) is 55.8 Å². The highest BCUT2D eigenvalue weighted by Gasteiger charge is 2.12. The first-order valence-electron chi connectivity index (χ1n) is 10.0. The van der Waals surface area contributed by atoms with Gasteiger partial charge in [-0.2, -0.15) is 5.10 Å². The van der Waals surface area contributed by atoms with Crippen LogP contribution in [0.15, 0.2) is 67.0 Å². The average molecular weight is 413 g/mol. The molecule has 4 aromatic rings. The van der Waals surface area contributed by atoms with Crippen LogP contribution in [0.4, 0.5) is 5.69 Å². The number of rotatable bonds is 6. The van der Waals surface area contributed by atoms with Gasteiger partial charge in [-0.1, -0.05) is 23.8 Å². The number of carbonyl (C=O) groups excluding carboxylic acids is 2. The molecule has 7 nitrogen and oxygen atoms in total. The van der Waals surface area contributed by atoms with Crippen molar-refractivity contribution in [3.05, 3.63) is 89.4 Å². The highest BCUT2D eigenvalue weighted by molar-refractivity contribution is 6.06. The Kier molecular flexibility index (Phi) is 5.75. The number of benzene rings is 2. The summed E-state index contributed by atoms with van der Waals surface area (Å²) in [5.74, 6) is -0.326. The average Bonchev–Trinajstić information content (AvgIpc) is 3.25. The number of amides is 2. The van der Waals surface area contributed by atoms with Crippen molar-refractivity contribution in [1.82, 2.24) is 20.1 Å². The molecule has 0 aliphatic carbocycles. The van der Waals surface area contributed by atoms with E-state index in [4.69, 9.17) is 0 Å². The second kappa shape index (κ2) is 8.79. The van der Waals surface area contributed by atoms with Gasteiger partial charge in [0.15, 0.2) is 0 Å². The number of pyridine rings is 1. The summed E-state index contributed by atoms with van der Waals surface area (Å²) in [5.41, 5.74) is 4.84. The van der Waals surface area contributed by atoms with E-state index < -0.39 is 0 Å². The number of hydrogen-bond donors (Lipinski definition) is 2. The van der Waals surface area contributed by atoms with Crippen LogP contribution in [0.25, 0.3) is 10.9 Å². The monoisotopic (exact) mass is 413 g/mol. The zero-order valence-corrected chi connectivity index (χ0v) is 17.4. The summed E-state index contributed by atoms with van der Waals surface area (Å²) >= 11 is 0. The molecule has 2 amide bonds. The molecule has 0 atom stereocenters. The second-order valence-electron chi connectivity index (χ2n) is 7.47. The van der Waals surface area contributed by atoms with Crippen LogP contribution in [-0.2, 0) is 17.9 Å². The minimum Gasteiger partial charge on any atom is -0.348 e. The van der Waals surface area contributed by atoms with E-state index in [-0.39, 0.29) is 18.4 Å². The number of aryl methyl sites for hydroxylation is 2. The van der Waals surface area contributed by atoms with Crippen LogP contribution >= 0.6 is 0 Å². The summed E-state index contributed by atoms with van der Waals surface area (Å²) in [6.45, 7) is 4.36. The largest absolute Gasteiger partial charge is 0.348 e. The number of nitrogens with zero attached hydrogens (tertiary/aromatic N) is 3. The fraction of sp³-hybridized carbons (Fsp3) is 0.167. The lowest BCUT2D eigenvalue weighted by Gasteiger charge is -2.11. The van der Waals surface area contributed by atoms with E-state index >= 15 is 0 Å². The van der Waals surface area contributed by atoms with E-state index in [1.54, 1.807) is 23.1 Å². The Balaban J connectivity index is 1.44. The van der Waals surface area contributed by atoms with E-state index in [9.17, 15) is 9.59 Å². The van der Waals surface area contributed by atoms with Crippen LogP contribution in [0, 0.1) is 13.8 Å². The minimum atomic E-state index is -0.168. The molecular weight excluding hydrogens is 390 g/mol. The van der Waals surface area contributed by atoms with E-state index in [0.29, 0.717) is 17.8 Å². The van der Waals surface area contributed by atoms with Gasteiger partial charge in [0, 0.05) is 35.7 Å². The van der Waals surface area contributed by atoms with Crippen LogP contribution in [0.2, 0.25) is 0 Å². The third-order valence-electron chi connectivity index (χ3n) is 4.87. The first kappa shape index (κ1) is 20.3. The van der Waals surface area contributed by atoms with Crippen molar-refractivity contribution in [3.8, 4) is 0 Å². The Morgan fingerprint density at radius 2 is 1.90 bits per heavy atom. The van der Waals surface area contributed by atoms with Gasteiger partial charge in [-0.25, -0.2) is 0 Å². The van der Waals surface area contributed by atoms with Gasteiger partial charge in [-0.15, -0.1) is 0 Å². The van der Waals surface area contributed by atoms with Crippen LogP contribution in [0.1, 0.15) is 27.2 Å². The predicted molar refractivity (Wildman–Crippen MR) is 120 cm³/mol. The van der Waals surface area contributed by atoms with E-state index in [1.807, 2.05) is 62.4 Å². The number of aromatic nitrogens is 3. The molecule has 0 radical (unpaired) electrons. The third-order valence-corrected chi connectivity index (χ3v) is 4.87. The molecule has 0 fully saturated rings. The lowest BCUT2D eigenvalue weighted by Crippen LogP contribution is -2.23. The summed E-state index contributed by atoms with van der Waals surface area (Å²) in [7, 11) is 0. The molecule has 7 heteroatoms. The third kappa shape index (κ3) is 4.95. The maximum Gasteiger partial charge on any atom is 0.252 e. The number of hydrogen-bond acceptors (Lipinski definition) is 4. The molecule has 0 unspecified atom stereocenters. The van der Waals surface area contributed by atoms with Gasteiger partial charge < -0.3 is 10.6 Å². The Hall–Kier alpha value is -4.00. The fourth-order valence-electron chi connectivity index (χ4n) is 3.44. The van der Waals surface area contributed by atoms with Crippen molar-refractivity contribution >= 4 is 28.4 Å². The normalized spacial score (nSPS) is 10.8. The maximum absolute atomic E-state index is 12.9. The summed E-state index contributed by atoms with van der Waals surface area (Å²) in [4.78, 5) is 29.6. The molecule has 4 rings (SSSR count). The van der Waals surface area contributed by atoms with Gasteiger partial charge >= 0.3 is 0 Å². The van der Waals surface area contributed by atoms with Crippen LogP contribution in [-0.4, -0.2) is 26.6 Å². The number of fused-ring (bicyclic) bond motifs is 1. The number of nitrogens with one attached hydrogen (secondary N) is 2. The molecule has 0 saturated carbocycles. The van der Waals surface area contributed by atoms with Gasteiger partial charge in [0.05, 0.1) is 11.1 Å². The molecule has 0 spiro atoms. The lowest BCUT2D eigenvalue weighted by molar-refractivity contribution is -0.116. The maximum atomic E-state index is 12.9. The quantitative estimate of drug-likeness (QED) is 0.505. The molecular formula is C24H23N5O2. The smallest absolute Gasteiger partial charge is 0.252 e. The van der Waals surface area contributed by atoms with Crippen molar-refractivity contribution in [2.24, 2.45) is 0 Å². The van der Waals surface area contributed by atoms with E-state index in [2.05, 4.69) is 20.7 Å². The van der Waals surface area contributed by atoms with Crippen molar-refractivity contribution in [1.29, 1.82) is 0 Å². The zero-order valence-electron chi connectivity index (χ0n) is 17.4. The first-order valence-corrected chi connectivity index (χ1v) is 10.0. The molecule has 0 aliphatic rings. The number of carbonyl (C=O) groups is 2. The van der Waals surface area contributed by atoms with Crippen molar-refractivity contribution in [2.45, 2.75) is 26.9 Å². The van der Waals surface area contributed by atoms with E-state index in [1.165, 1.54) is 0 Å².